The topological polar surface area (TPSA) is 60.9 Å². The Balaban J connectivity index is 1.39. The van der Waals surface area contributed by atoms with Crippen LogP contribution in [-0.4, -0.2) is 62.8 Å². The van der Waals surface area contributed by atoms with Gasteiger partial charge in [0.15, 0.2) is 0 Å². The highest BCUT2D eigenvalue weighted by Crippen LogP contribution is 2.38. The monoisotopic (exact) mass is 565 g/mol. The fourth-order valence-corrected chi connectivity index (χ4v) is 7.79. The van der Waals surface area contributed by atoms with Gasteiger partial charge in [-0.3, -0.25) is 4.79 Å². The number of piperidine rings is 1. The number of hydrogen-bond donors (Lipinski definition) is 0. The number of carbonyl (C=O) groups is 1. The zero-order valence-electron chi connectivity index (χ0n) is 22.8. The molecule has 5 rings (SSSR count). The average molecular weight is 566 g/mol. The van der Waals surface area contributed by atoms with E-state index in [0.717, 1.165) is 24.2 Å². The van der Waals surface area contributed by atoms with Crippen molar-refractivity contribution in [1.29, 1.82) is 0 Å². The van der Waals surface area contributed by atoms with Crippen LogP contribution in [0.2, 0.25) is 5.02 Å². The highest BCUT2D eigenvalue weighted by Gasteiger charge is 2.42. The molecule has 2 fully saturated rings. The van der Waals surface area contributed by atoms with E-state index < -0.39 is 15.9 Å². The van der Waals surface area contributed by atoms with Crippen molar-refractivity contribution in [2.24, 2.45) is 5.92 Å². The number of aryl methyl sites for hydroxylation is 3. The molecule has 3 aromatic rings. The van der Waals surface area contributed by atoms with Crippen LogP contribution in [-0.2, 0) is 14.8 Å². The molecule has 206 valence electrons. The van der Waals surface area contributed by atoms with Gasteiger partial charge in [0.05, 0.1) is 10.8 Å². The Morgan fingerprint density at radius 3 is 2.31 bits per heavy atom. The second-order valence-corrected chi connectivity index (χ2v) is 13.2. The molecule has 1 amide bonds. The number of anilines is 1. The molecular weight excluding hydrogens is 530 g/mol. The molecule has 0 aromatic heterocycles. The summed E-state index contributed by atoms with van der Waals surface area (Å²) in [6.45, 7) is 9.53. The van der Waals surface area contributed by atoms with Crippen molar-refractivity contribution >= 4 is 33.2 Å². The van der Waals surface area contributed by atoms with Crippen molar-refractivity contribution in [2.45, 2.75) is 38.0 Å². The Morgan fingerprint density at radius 2 is 1.59 bits per heavy atom. The van der Waals surface area contributed by atoms with Crippen LogP contribution < -0.4 is 4.90 Å². The minimum atomic E-state index is -3.78. The number of carbonyl (C=O) groups excluding carboxylic acids is 1. The highest BCUT2D eigenvalue weighted by molar-refractivity contribution is 7.89. The number of halogens is 1. The van der Waals surface area contributed by atoms with Gasteiger partial charge in [0.2, 0.25) is 15.9 Å². The fraction of sp³-hybridized carbons (Fsp3) is 0.387. The van der Waals surface area contributed by atoms with Crippen LogP contribution in [0.15, 0.2) is 71.6 Å². The molecule has 0 N–H and O–H groups in total. The third-order valence-corrected chi connectivity index (χ3v) is 10.3. The SMILES string of the molecule is Cc1ccc(C)c(N2CCN(C(=O)[C@@H]3CN(S(=O)(=O)c4cccc(Cl)c4)CC[C@@H]3c3ccccc3C)CC2)c1. The van der Waals surface area contributed by atoms with E-state index in [1.165, 1.54) is 27.2 Å². The summed E-state index contributed by atoms with van der Waals surface area (Å²) in [5, 5.41) is 0.375. The molecule has 39 heavy (non-hydrogen) atoms. The average Bonchev–Trinajstić information content (AvgIpc) is 2.94. The largest absolute Gasteiger partial charge is 0.368 e. The highest BCUT2D eigenvalue weighted by atomic mass is 35.5. The Bertz CT molecular complexity index is 1470. The zero-order valence-corrected chi connectivity index (χ0v) is 24.4. The maximum atomic E-state index is 14.1. The first-order valence-electron chi connectivity index (χ1n) is 13.6. The van der Waals surface area contributed by atoms with Gasteiger partial charge in [-0.15, -0.1) is 0 Å². The molecule has 0 spiro atoms. The normalized spacial score (nSPS) is 20.7. The second-order valence-electron chi connectivity index (χ2n) is 10.8. The number of amides is 1. The van der Waals surface area contributed by atoms with Gasteiger partial charge in [-0.2, -0.15) is 4.31 Å². The zero-order chi connectivity index (χ0) is 27.7. The summed E-state index contributed by atoms with van der Waals surface area (Å²) in [4.78, 5) is 18.6. The molecule has 0 aliphatic carbocycles. The number of sulfonamides is 1. The molecule has 3 aromatic carbocycles. The van der Waals surface area contributed by atoms with Crippen LogP contribution in [0, 0.1) is 26.7 Å². The molecular formula is C31H36ClN3O3S. The Kier molecular flexibility index (Phi) is 8.04. The van der Waals surface area contributed by atoms with E-state index in [1.54, 1.807) is 18.2 Å². The minimum Gasteiger partial charge on any atom is -0.368 e. The number of nitrogens with zero attached hydrogens (tertiary/aromatic N) is 3. The lowest BCUT2D eigenvalue weighted by Gasteiger charge is -2.42. The lowest BCUT2D eigenvalue weighted by atomic mass is 9.78. The Morgan fingerprint density at radius 1 is 0.846 bits per heavy atom. The van der Waals surface area contributed by atoms with Gasteiger partial charge in [0.25, 0.3) is 0 Å². The molecule has 0 saturated carbocycles. The predicted octanol–water partition coefficient (Wildman–Crippen LogP) is 5.41. The van der Waals surface area contributed by atoms with E-state index in [2.05, 4.69) is 56.0 Å². The van der Waals surface area contributed by atoms with E-state index >= 15 is 0 Å². The van der Waals surface area contributed by atoms with Crippen molar-refractivity contribution in [1.82, 2.24) is 9.21 Å². The number of benzene rings is 3. The van der Waals surface area contributed by atoms with Crippen LogP contribution in [0.3, 0.4) is 0 Å². The van der Waals surface area contributed by atoms with Crippen molar-refractivity contribution < 1.29 is 13.2 Å². The Labute approximate surface area is 237 Å². The standard InChI is InChI=1S/C31H36ClN3O3S/c1-22-11-12-24(3)30(19-22)33-15-17-34(18-16-33)31(36)29-21-35(39(37,38)26-9-6-8-25(32)20-26)14-13-28(29)27-10-5-4-7-23(27)2/h4-12,19-20,28-29H,13-18,21H2,1-3H3/t28-,29-/m1/s1. The maximum absolute atomic E-state index is 14.1. The molecule has 8 heteroatoms. The van der Waals surface area contributed by atoms with Crippen LogP contribution >= 0.6 is 11.6 Å². The first-order valence-corrected chi connectivity index (χ1v) is 15.4. The van der Waals surface area contributed by atoms with Gasteiger partial charge in [0, 0.05) is 50.0 Å². The smallest absolute Gasteiger partial charge is 0.243 e. The van der Waals surface area contributed by atoms with E-state index in [0.29, 0.717) is 31.1 Å². The molecule has 0 radical (unpaired) electrons. The summed E-state index contributed by atoms with van der Waals surface area (Å²) in [7, 11) is -3.78. The van der Waals surface area contributed by atoms with E-state index in [9.17, 15) is 13.2 Å². The third kappa shape index (κ3) is 5.72. The number of piperazine rings is 1. The van der Waals surface area contributed by atoms with Gasteiger partial charge in [-0.1, -0.05) is 54.1 Å². The molecule has 2 heterocycles. The molecule has 6 nitrogen and oxygen atoms in total. The summed E-state index contributed by atoms with van der Waals surface area (Å²) in [6.07, 6.45) is 0.587. The molecule has 2 atom stereocenters. The maximum Gasteiger partial charge on any atom is 0.243 e. The van der Waals surface area contributed by atoms with Gasteiger partial charge in [0.1, 0.15) is 0 Å². The lowest BCUT2D eigenvalue weighted by molar-refractivity contribution is -0.137. The fourth-order valence-electron chi connectivity index (χ4n) is 6.00. The van der Waals surface area contributed by atoms with E-state index in [-0.39, 0.29) is 23.3 Å². The minimum absolute atomic E-state index is 0.0369. The first kappa shape index (κ1) is 27.7. The summed E-state index contributed by atoms with van der Waals surface area (Å²) in [6, 6.07) is 21.0. The van der Waals surface area contributed by atoms with E-state index in [1.807, 2.05) is 17.0 Å². The second kappa shape index (κ2) is 11.3. The van der Waals surface area contributed by atoms with Crippen LogP contribution in [0.1, 0.15) is 34.6 Å². The van der Waals surface area contributed by atoms with Crippen molar-refractivity contribution in [2.75, 3.05) is 44.2 Å². The van der Waals surface area contributed by atoms with Crippen LogP contribution in [0.5, 0.6) is 0 Å². The summed E-state index contributed by atoms with van der Waals surface area (Å²) >= 11 is 6.12. The first-order chi connectivity index (χ1) is 18.6. The molecule has 0 bridgehead atoms. The Hall–Kier alpha value is -2.87. The van der Waals surface area contributed by atoms with Gasteiger partial charge < -0.3 is 9.80 Å². The van der Waals surface area contributed by atoms with Crippen molar-refractivity contribution in [3.8, 4) is 0 Å². The van der Waals surface area contributed by atoms with Gasteiger partial charge >= 0.3 is 0 Å². The quantitative estimate of drug-likeness (QED) is 0.415. The van der Waals surface area contributed by atoms with Gasteiger partial charge in [-0.25, -0.2) is 8.42 Å². The van der Waals surface area contributed by atoms with Crippen molar-refractivity contribution in [3.05, 3.63) is 94.0 Å². The third-order valence-electron chi connectivity index (χ3n) is 8.21. The molecule has 2 aliphatic heterocycles. The van der Waals surface area contributed by atoms with Gasteiger partial charge in [-0.05, 0) is 79.6 Å². The van der Waals surface area contributed by atoms with Crippen LogP contribution in [0.4, 0.5) is 5.69 Å². The van der Waals surface area contributed by atoms with Crippen LogP contribution in [0.25, 0.3) is 0 Å². The number of rotatable bonds is 5. The molecule has 2 saturated heterocycles. The predicted molar refractivity (Wildman–Crippen MR) is 157 cm³/mol. The summed E-state index contributed by atoms with van der Waals surface area (Å²) in [5.41, 5.74) is 5.93. The molecule has 2 aliphatic rings. The lowest BCUT2D eigenvalue weighted by Crippen LogP contribution is -2.54. The summed E-state index contributed by atoms with van der Waals surface area (Å²) < 4.78 is 28.7. The van der Waals surface area contributed by atoms with E-state index in [4.69, 9.17) is 11.6 Å². The van der Waals surface area contributed by atoms with Crippen molar-refractivity contribution in [3.63, 3.8) is 0 Å². The summed E-state index contributed by atoms with van der Waals surface area (Å²) in [5.74, 6) is -0.461. The molecule has 0 unspecified atom stereocenters. The number of hydrogen-bond acceptors (Lipinski definition) is 4.